The first-order valence-corrected chi connectivity index (χ1v) is 9.59. The number of hydrogen-bond acceptors (Lipinski definition) is 5. The van der Waals surface area contributed by atoms with Crippen LogP contribution in [0.4, 0.5) is 5.69 Å². The highest BCUT2D eigenvalue weighted by Crippen LogP contribution is 2.37. The Hall–Kier alpha value is -2.90. The normalized spacial score (nSPS) is 23.9. The summed E-state index contributed by atoms with van der Waals surface area (Å²) in [4.78, 5) is 37.4. The van der Waals surface area contributed by atoms with Crippen LogP contribution in [0.15, 0.2) is 18.2 Å². The van der Waals surface area contributed by atoms with Gasteiger partial charge in [-0.25, -0.2) is 0 Å². The molecule has 0 aliphatic carbocycles. The van der Waals surface area contributed by atoms with Gasteiger partial charge in [0.05, 0.1) is 22.5 Å². The minimum absolute atomic E-state index is 0.241. The molecule has 3 heterocycles. The highest BCUT2D eigenvalue weighted by atomic mass is 16.4. The lowest BCUT2D eigenvalue weighted by Crippen LogP contribution is -2.50. The van der Waals surface area contributed by atoms with E-state index in [1.165, 1.54) is 0 Å². The fraction of sp³-hybridized carbons (Fsp3) is 0.500. The first kappa shape index (κ1) is 18.5. The average molecular weight is 384 g/mol. The molecule has 1 aromatic heterocycles. The quantitative estimate of drug-likeness (QED) is 0.779. The number of nitrogens with zero attached hydrogens (tertiary/aromatic N) is 3. The largest absolute Gasteiger partial charge is 0.481 e. The number of carbonyl (C=O) groups excluding carboxylic acids is 2. The summed E-state index contributed by atoms with van der Waals surface area (Å²) in [6, 6.07) is 6.03. The molecule has 0 bridgehead atoms. The lowest BCUT2D eigenvalue weighted by molar-refractivity contribution is -0.142. The molecule has 2 aliphatic heterocycles. The molecule has 0 spiro atoms. The summed E-state index contributed by atoms with van der Waals surface area (Å²) < 4.78 is 1.77. The Labute approximate surface area is 162 Å². The zero-order chi connectivity index (χ0) is 20.1. The van der Waals surface area contributed by atoms with Gasteiger partial charge >= 0.3 is 5.97 Å². The van der Waals surface area contributed by atoms with E-state index in [4.69, 9.17) is 0 Å². The Kier molecular flexibility index (Phi) is 4.36. The van der Waals surface area contributed by atoms with Crippen LogP contribution < -0.4 is 10.2 Å². The third kappa shape index (κ3) is 2.93. The molecule has 2 aromatic rings. The molecule has 0 unspecified atom stereocenters. The van der Waals surface area contributed by atoms with Gasteiger partial charge in [0.15, 0.2) is 0 Å². The van der Waals surface area contributed by atoms with E-state index in [1.807, 2.05) is 32.2 Å². The number of carboxylic acid groups (broad SMARTS) is 1. The van der Waals surface area contributed by atoms with Crippen molar-refractivity contribution in [1.29, 1.82) is 0 Å². The van der Waals surface area contributed by atoms with Gasteiger partial charge in [-0.1, -0.05) is 0 Å². The van der Waals surface area contributed by atoms with Gasteiger partial charge in [-0.2, -0.15) is 5.10 Å². The summed E-state index contributed by atoms with van der Waals surface area (Å²) in [5.74, 6) is -1.53. The summed E-state index contributed by atoms with van der Waals surface area (Å²) in [5.41, 5.74) is 1.79. The summed E-state index contributed by atoms with van der Waals surface area (Å²) in [6.07, 6.45) is 2.01. The van der Waals surface area contributed by atoms with E-state index in [9.17, 15) is 19.5 Å². The third-order valence-electron chi connectivity index (χ3n) is 6.17. The third-order valence-corrected chi connectivity index (χ3v) is 6.17. The standard InChI is InChI=1S/C20H24N4O4/c1-20(8-5-16(25)21-19(20)28)17-14-4-3-13(11-15(14)23(2)22-17)24-9-6-12(7-10-24)18(26)27/h3-4,11-12H,5-10H2,1-2H3,(H,26,27)(H,21,25,28)/t20-/m1/s1. The number of anilines is 1. The summed E-state index contributed by atoms with van der Waals surface area (Å²) in [6.45, 7) is 3.24. The van der Waals surface area contributed by atoms with Crippen molar-refractivity contribution in [2.24, 2.45) is 13.0 Å². The number of aromatic nitrogens is 2. The van der Waals surface area contributed by atoms with E-state index in [0.717, 1.165) is 16.6 Å². The first-order chi connectivity index (χ1) is 13.3. The number of aliphatic carboxylic acids is 1. The molecule has 8 heteroatoms. The lowest BCUT2D eigenvalue weighted by atomic mass is 9.77. The molecular formula is C20H24N4O4. The second kappa shape index (κ2) is 6.61. The van der Waals surface area contributed by atoms with Gasteiger partial charge < -0.3 is 10.0 Å². The molecular weight excluding hydrogens is 360 g/mol. The zero-order valence-electron chi connectivity index (χ0n) is 16.1. The van der Waals surface area contributed by atoms with Gasteiger partial charge in [0.2, 0.25) is 11.8 Å². The number of piperidine rings is 2. The van der Waals surface area contributed by atoms with Crippen LogP contribution in [0.3, 0.4) is 0 Å². The molecule has 1 aromatic carbocycles. The van der Waals surface area contributed by atoms with Crippen LogP contribution in [0, 0.1) is 5.92 Å². The average Bonchev–Trinajstić information content (AvgIpc) is 3.02. The molecule has 1 atom stereocenters. The number of benzene rings is 1. The molecule has 4 rings (SSSR count). The number of imide groups is 1. The highest BCUT2D eigenvalue weighted by molar-refractivity contribution is 6.05. The maximum Gasteiger partial charge on any atom is 0.306 e. The van der Waals surface area contributed by atoms with Crippen LogP contribution in [0.5, 0.6) is 0 Å². The van der Waals surface area contributed by atoms with Gasteiger partial charge in [-0.15, -0.1) is 0 Å². The van der Waals surface area contributed by atoms with E-state index in [1.54, 1.807) is 4.68 Å². The van der Waals surface area contributed by atoms with Gasteiger partial charge in [0.25, 0.3) is 0 Å². The second-order valence-corrected chi connectivity index (χ2v) is 7.98. The summed E-state index contributed by atoms with van der Waals surface area (Å²) >= 11 is 0. The number of nitrogens with one attached hydrogen (secondary N) is 1. The summed E-state index contributed by atoms with van der Waals surface area (Å²) in [7, 11) is 1.85. The smallest absolute Gasteiger partial charge is 0.306 e. The lowest BCUT2D eigenvalue weighted by Gasteiger charge is -2.32. The number of carbonyl (C=O) groups is 3. The van der Waals surface area contributed by atoms with Gasteiger partial charge in [-0.3, -0.25) is 24.4 Å². The molecule has 148 valence electrons. The van der Waals surface area contributed by atoms with Crippen molar-refractivity contribution in [3.63, 3.8) is 0 Å². The highest BCUT2D eigenvalue weighted by Gasteiger charge is 2.43. The van der Waals surface area contributed by atoms with Crippen LogP contribution in [-0.2, 0) is 26.8 Å². The number of fused-ring (bicyclic) bond motifs is 1. The molecule has 0 radical (unpaired) electrons. The monoisotopic (exact) mass is 384 g/mol. The topological polar surface area (TPSA) is 105 Å². The molecule has 28 heavy (non-hydrogen) atoms. The number of carboxylic acids is 1. The van der Waals surface area contributed by atoms with Crippen molar-refractivity contribution in [2.75, 3.05) is 18.0 Å². The Morgan fingerprint density at radius 1 is 1.29 bits per heavy atom. The predicted octanol–water partition coefficient (Wildman–Crippen LogP) is 1.57. The van der Waals surface area contributed by atoms with Crippen molar-refractivity contribution in [2.45, 2.75) is 38.0 Å². The van der Waals surface area contributed by atoms with E-state index in [-0.39, 0.29) is 17.7 Å². The maximum atomic E-state index is 12.5. The predicted molar refractivity (Wildman–Crippen MR) is 103 cm³/mol. The number of aryl methyl sites for hydroxylation is 1. The SMILES string of the molecule is Cn1nc([C@@]2(C)CCC(=O)NC2=O)c2ccc(N3CCC(C(=O)O)CC3)cc21. The van der Waals surface area contributed by atoms with Crippen molar-refractivity contribution < 1.29 is 19.5 Å². The fourth-order valence-electron chi connectivity index (χ4n) is 4.26. The Morgan fingerprint density at radius 2 is 2.00 bits per heavy atom. The second-order valence-electron chi connectivity index (χ2n) is 7.98. The van der Waals surface area contributed by atoms with Gasteiger partial charge in [0, 0.05) is 37.6 Å². The molecule has 2 fully saturated rings. The Bertz CT molecular complexity index is 974. The van der Waals surface area contributed by atoms with E-state index in [2.05, 4.69) is 15.3 Å². The molecule has 2 aliphatic rings. The number of hydrogen-bond donors (Lipinski definition) is 2. The van der Waals surface area contributed by atoms with E-state index < -0.39 is 11.4 Å². The molecule has 2 saturated heterocycles. The Morgan fingerprint density at radius 3 is 2.64 bits per heavy atom. The first-order valence-electron chi connectivity index (χ1n) is 9.59. The maximum absolute atomic E-state index is 12.5. The van der Waals surface area contributed by atoms with Gasteiger partial charge in [0.1, 0.15) is 0 Å². The van der Waals surface area contributed by atoms with Crippen molar-refractivity contribution in [3.8, 4) is 0 Å². The van der Waals surface area contributed by atoms with Crippen molar-refractivity contribution in [3.05, 3.63) is 23.9 Å². The van der Waals surface area contributed by atoms with Crippen molar-refractivity contribution >= 4 is 34.4 Å². The van der Waals surface area contributed by atoms with Crippen LogP contribution in [-0.4, -0.2) is 45.8 Å². The van der Waals surface area contributed by atoms with Crippen LogP contribution in [0.25, 0.3) is 10.9 Å². The minimum atomic E-state index is -0.839. The van der Waals surface area contributed by atoms with Crippen LogP contribution in [0.1, 0.15) is 38.3 Å². The number of amides is 2. The minimum Gasteiger partial charge on any atom is -0.481 e. The van der Waals surface area contributed by atoms with E-state index in [0.29, 0.717) is 44.5 Å². The molecule has 0 saturated carbocycles. The summed E-state index contributed by atoms with van der Waals surface area (Å²) in [5, 5.41) is 17.1. The molecule has 2 amide bonds. The Balaban J connectivity index is 1.66. The van der Waals surface area contributed by atoms with E-state index >= 15 is 0 Å². The van der Waals surface area contributed by atoms with Crippen LogP contribution >= 0.6 is 0 Å². The molecule has 2 N–H and O–H groups in total. The van der Waals surface area contributed by atoms with Crippen molar-refractivity contribution in [1.82, 2.24) is 15.1 Å². The zero-order valence-corrected chi connectivity index (χ0v) is 16.1. The van der Waals surface area contributed by atoms with Crippen LogP contribution in [0.2, 0.25) is 0 Å². The van der Waals surface area contributed by atoms with Gasteiger partial charge in [-0.05, 0) is 44.4 Å². The fourth-order valence-corrected chi connectivity index (χ4v) is 4.26. The molecule has 8 nitrogen and oxygen atoms in total. The number of rotatable bonds is 3.